The second-order valence-corrected chi connectivity index (χ2v) is 8.89. The number of anilines is 3. The van der Waals surface area contributed by atoms with E-state index in [-0.39, 0.29) is 18.2 Å². The van der Waals surface area contributed by atoms with Gasteiger partial charge in [-0.3, -0.25) is 9.59 Å². The Labute approximate surface area is 193 Å². The molecule has 2 aromatic carbocycles. The van der Waals surface area contributed by atoms with Crippen molar-refractivity contribution < 1.29 is 9.59 Å². The number of carbonyl (C=O) groups excluding carboxylic acids is 2. The molecule has 7 nitrogen and oxygen atoms in total. The average molecular weight is 442 g/mol. The number of para-hydroxylation sites is 1. The zero-order valence-corrected chi connectivity index (χ0v) is 18.9. The molecule has 3 heterocycles. The third kappa shape index (κ3) is 4.18. The maximum Gasteiger partial charge on any atom is 0.253 e. The summed E-state index contributed by atoms with van der Waals surface area (Å²) in [5, 5.41) is 3.23. The number of rotatable bonds is 3. The molecule has 168 valence electrons. The van der Waals surface area contributed by atoms with Gasteiger partial charge in [0.25, 0.3) is 5.91 Å². The Morgan fingerprint density at radius 2 is 1.79 bits per heavy atom. The lowest BCUT2D eigenvalue weighted by molar-refractivity contribution is -0.117. The fourth-order valence-corrected chi connectivity index (χ4v) is 4.43. The number of amides is 2. The van der Waals surface area contributed by atoms with Crippen LogP contribution in [0.25, 0.3) is 11.3 Å². The quantitative estimate of drug-likeness (QED) is 0.656. The van der Waals surface area contributed by atoms with Crippen LogP contribution in [-0.4, -0.2) is 46.8 Å². The molecule has 1 N–H and O–H groups in total. The summed E-state index contributed by atoms with van der Waals surface area (Å²) >= 11 is 0. The van der Waals surface area contributed by atoms with Gasteiger partial charge >= 0.3 is 0 Å². The lowest BCUT2D eigenvalue weighted by Gasteiger charge is -2.30. The van der Waals surface area contributed by atoms with Crippen molar-refractivity contribution in [3.8, 4) is 11.3 Å². The molecule has 0 atom stereocenters. The summed E-state index contributed by atoms with van der Waals surface area (Å²) in [5.74, 6) is 1.23. The monoisotopic (exact) mass is 441 g/mol. The first-order valence-electron chi connectivity index (χ1n) is 11.4. The van der Waals surface area contributed by atoms with Crippen molar-refractivity contribution in [3.63, 3.8) is 0 Å². The number of nitrogens with one attached hydrogen (secondary N) is 1. The van der Waals surface area contributed by atoms with Crippen LogP contribution >= 0.6 is 0 Å². The van der Waals surface area contributed by atoms with E-state index in [9.17, 15) is 9.59 Å². The summed E-state index contributed by atoms with van der Waals surface area (Å²) in [7, 11) is 1.78. The number of carbonyl (C=O) groups is 2. The number of nitrogens with zero attached hydrogens (tertiary/aromatic N) is 4. The van der Waals surface area contributed by atoms with Crippen molar-refractivity contribution in [1.82, 2.24) is 14.9 Å². The van der Waals surface area contributed by atoms with Crippen LogP contribution in [-0.2, 0) is 11.2 Å². The zero-order valence-electron chi connectivity index (χ0n) is 18.9. The van der Waals surface area contributed by atoms with E-state index in [1.807, 2.05) is 53.4 Å². The number of likely N-dealkylation sites (N-methyl/N-ethyl adjacent to an activating group) is 1. The minimum Gasteiger partial charge on any atom is -0.339 e. The van der Waals surface area contributed by atoms with Gasteiger partial charge in [0.2, 0.25) is 11.9 Å². The van der Waals surface area contributed by atoms with Crippen molar-refractivity contribution >= 4 is 29.1 Å². The van der Waals surface area contributed by atoms with Gasteiger partial charge in [-0.1, -0.05) is 25.1 Å². The smallest absolute Gasteiger partial charge is 0.253 e. The Morgan fingerprint density at radius 3 is 2.55 bits per heavy atom. The molecule has 3 aromatic rings. The molecule has 2 aliphatic heterocycles. The SMILES string of the molecule is CC1CCN(C(=O)c2ccc(Nc3ncc4c(n3)-c3ccccc3N(C)C(=O)C4)cc2)CC1. The van der Waals surface area contributed by atoms with Crippen LogP contribution in [0.5, 0.6) is 0 Å². The number of piperidine rings is 1. The standard InChI is InChI=1S/C26H27N5O2/c1-17-11-13-31(14-12-17)25(33)18-7-9-20(10-8-18)28-26-27-16-19-15-23(32)30(2)22-6-4-3-5-21(22)24(19)29-26/h3-10,16-17H,11-15H2,1-2H3,(H,27,28,29). The lowest BCUT2D eigenvalue weighted by atomic mass is 9.98. The largest absolute Gasteiger partial charge is 0.339 e. The molecule has 0 unspecified atom stereocenters. The summed E-state index contributed by atoms with van der Waals surface area (Å²) < 4.78 is 0. The minimum atomic E-state index is 0.00827. The maximum atomic E-state index is 12.8. The highest BCUT2D eigenvalue weighted by Crippen LogP contribution is 2.35. The molecule has 0 aliphatic carbocycles. The van der Waals surface area contributed by atoms with Gasteiger partial charge in [0.15, 0.2) is 0 Å². The summed E-state index contributed by atoms with van der Waals surface area (Å²) in [5.41, 5.74) is 4.79. The molecule has 7 heteroatoms. The fourth-order valence-electron chi connectivity index (χ4n) is 4.43. The van der Waals surface area contributed by atoms with Gasteiger partial charge in [0, 0.05) is 48.7 Å². The van der Waals surface area contributed by atoms with Gasteiger partial charge in [0.1, 0.15) is 0 Å². The first-order chi connectivity index (χ1) is 16.0. The molecule has 2 amide bonds. The van der Waals surface area contributed by atoms with Crippen LogP contribution in [0.3, 0.4) is 0 Å². The van der Waals surface area contributed by atoms with Crippen molar-refractivity contribution in [3.05, 3.63) is 65.9 Å². The molecule has 1 fully saturated rings. The normalized spacial score (nSPS) is 16.1. The van der Waals surface area contributed by atoms with Crippen LogP contribution < -0.4 is 10.2 Å². The number of likely N-dealkylation sites (tertiary alicyclic amines) is 1. The summed E-state index contributed by atoms with van der Waals surface area (Å²) in [6.45, 7) is 3.88. The first kappa shape index (κ1) is 21.1. The van der Waals surface area contributed by atoms with Crippen molar-refractivity contribution in [1.29, 1.82) is 0 Å². The van der Waals surface area contributed by atoms with Crippen LogP contribution in [0.2, 0.25) is 0 Å². The van der Waals surface area contributed by atoms with E-state index in [2.05, 4.69) is 17.2 Å². The van der Waals surface area contributed by atoms with Crippen LogP contribution in [0.1, 0.15) is 35.7 Å². The predicted molar refractivity (Wildman–Crippen MR) is 129 cm³/mol. The van der Waals surface area contributed by atoms with Gasteiger partial charge < -0.3 is 15.1 Å². The number of aromatic nitrogens is 2. The average Bonchev–Trinajstić information content (AvgIpc) is 2.94. The molecule has 0 bridgehead atoms. The Hall–Kier alpha value is -3.74. The van der Waals surface area contributed by atoms with Crippen molar-refractivity contribution in [2.45, 2.75) is 26.2 Å². The van der Waals surface area contributed by atoms with Crippen LogP contribution in [0, 0.1) is 5.92 Å². The third-order valence-electron chi connectivity index (χ3n) is 6.56. The van der Waals surface area contributed by atoms with Crippen molar-refractivity contribution in [2.75, 3.05) is 30.4 Å². The highest BCUT2D eigenvalue weighted by atomic mass is 16.2. The van der Waals surface area contributed by atoms with Gasteiger partial charge in [-0.25, -0.2) is 9.97 Å². The Morgan fingerprint density at radius 1 is 1.06 bits per heavy atom. The third-order valence-corrected chi connectivity index (χ3v) is 6.56. The molecule has 5 rings (SSSR count). The molecule has 1 aromatic heterocycles. The van der Waals surface area contributed by atoms with E-state index < -0.39 is 0 Å². The van der Waals surface area contributed by atoms with E-state index in [1.54, 1.807) is 18.1 Å². The number of hydrogen-bond acceptors (Lipinski definition) is 5. The summed E-state index contributed by atoms with van der Waals surface area (Å²) in [4.78, 5) is 38.1. The van der Waals surface area contributed by atoms with E-state index in [0.717, 1.165) is 54.1 Å². The molecule has 2 aliphatic rings. The molecular formula is C26H27N5O2. The Balaban J connectivity index is 1.37. The number of benzene rings is 2. The number of hydrogen-bond donors (Lipinski definition) is 1. The van der Waals surface area contributed by atoms with Gasteiger partial charge in [-0.05, 0) is 49.1 Å². The minimum absolute atomic E-state index is 0.00827. The molecule has 33 heavy (non-hydrogen) atoms. The van der Waals surface area contributed by atoms with E-state index in [4.69, 9.17) is 4.98 Å². The zero-order chi connectivity index (χ0) is 22.9. The van der Waals surface area contributed by atoms with Crippen molar-refractivity contribution in [2.24, 2.45) is 5.92 Å². The van der Waals surface area contributed by atoms with E-state index in [1.165, 1.54) is 0 Å². The van der Waals surface area contributed by atoms with Gasteiger partial charge in [-0.2, -0.15) is 0 Å². The van der Waals surface area contributed by atoms with E-state index in [0.29, 0.717) is 17.4 Å². The highest BCUT2D eigenvalue weighted by Gasteiger charge is 2.25. The second-order valence-electron chi connectivity index (χ2n) is 8.89. The Kier molecular flexibility index (Phi) is 5.54. The second kappa shape index (κ2) is 8.65. The highest BCUT2D eigenvalue weighted by molar-refractivity contribution is 6.01. The number of fused-ring (bicyclic) bond motifs is 3. The summed E-state index contributed by atoms with van der Waals surface area (Å²) in [6, 6.07) is 15.2. The molecule has 0 radical (unpaired) electrons. The fraction of sp³-hybridized carbons (Fsp3) is 0.308. The molecule has 0 saturated carbocycles. The molecule has 0 spiro atoms. The maximum absolute atomic E-state index is 12.8. The van der Waals surface area contributed by atoms with Gasteiger partial charge in [0.05, 0.1) is 17.8 Å². The molecule has 1 saturated heterocycles. The lowest BCUT2D eigenvalue weighted by Crippen LogP contribution is -2.37. The predicted octanol–water partition coefficient (Wildman–Crippen LogP) is 4.28. The van der Waals surface area contributed by atoms with E-state index >= 15 is 0 Å². The molecular weight excluding hydrogens is 414 g/mol. The summed E-state index contributed by atoms with van der Waals surface area (Å²) in [6.07, 6.45) is 4.09. The van der Waals surface area contributed by atoms with Gasteiger partial charge in [-0.15, -0.1) is 0 Å². The topological polar surface area (TPSA) is 78.4 Å². The Bertz CT molecular complexity index is 1200. The first-order valence-corrected chi connectivity index (χ1v) is 11.4. The van der Waals surface area contributed by atoms with Crippen LogP contribution in [0.4, 0.5) is 17.3 Å². The van der Waals surface area contributed by atoms with Crippen LogP contribution in [0.15, 0.2) is 54.7 Å².